The molecule has 2 aliphatic heterocycles. The van der Waals surface area contributed by atoms with Gasteiger partial charge in [-0.25, -0.2) is 0 Å². The van der Waals surface area contributed by atoms with E-state index in [4.69, 9.17) is 33.3 Å². The molecule has 2 fully saturated rings. The van der Waals surface area contributed by atoms with Crippen molar-refractivity contribution in [3.05, 3.63) is 77.3 Å². The highest BCUT2D eigenvalue weighted by atomic mass is 35.5. The SMILES string of the molecule is COc1ccc(N2C(=S)N[C@H](c3ccccn3)[C@@H]2c2cccn2C[C@H]2CCCO2)cc1Cl. The van der Waals surface area contributed by atoms with E-state index in [1.54, 1.807) is 7.11 Å². The van der Waals surface area contributed by atoms with E-state index in [0.717, 1.165) is 43.1 Å². The molecule has 1 N–H and O–H groups in total. The van der Waals surface area contributed by atoms with Crippen LogP contribution in [0.1, 0.15) is 36.3 Å². The Hall–Kier alpha value is -2.61. The van der Waals surface area contributed by atoms with Gasteiger partial charge in [0.1, 0.15) is 11.8 Å². The summed E-state index contributed by atoms with van der Waals surface area (Å²) >= 11 is 12.3. The summed E-state index contributed by atoms with van der Waals surface area (Å²) in [7, 11) is 1.61. The normalized spacial score (nSPS) is 22.9. The van der Waals surface area contributed by atoms with Crippen LogP contribution in [0.15, 0.2) is 60.9 Å². The lowest BCUT2D eigenvalue weighted by molar-refractivity contribution is 0.0961. The van der Waals surface area contributed by atoms with Crippen molar-refractivity contribution >= 4 is 34.6 Å². The Balaban J connectivity index is 1.58. The van der Waals surface area contributed by atoms with Crippen LogP contribution in [0.25, 0.3) is 0 Å². The molecule has 1 aromatic carbocycles. The number of nitrogens with one attached hydrogen (secondary N) is 1. The molecule has 5 rings (SSSR count). The average Bonchev–Trinajstić information content (AvgIpc) is 3.55. The second-order valence-corrected chi connectivity index (χ2v) is 8.83. The number of ether oxygens (including phenoxy) is 2. The van der Waals surface area contributed by atoms with Crippen molar-refractivity contribution in [2.24, 2.45) is 0 Å². The number of benzene rings is 1. The number of hydrogen-bond donors (Lipinski definition) is 1. The third-order valence-electron chi connectivity index (χ3n) is 6.10. The van der Waals surface area contributed by atoms with Gasteiger partial charge in [-0.15, -0.1) is 0 Å². The van der Waals surface area contributed by atoms with Crippen LogP contribution in [0.4, 0.5) is 5.69 Å². The molecular formula is C24H25ClN4O2S. The Morgan fingerprint density at radius 3 is 2.88 bits per heavy atom. The Bertz CT molecular complexity index is 1100. The first-order chi connectivity index (χ1) is 15.7. The minimum atomic E-state index is -0.109. The lowest BCUT2D eigenvalue weighted by atomic mass is 10.0. The third-order valence-corrected chi connectivity index (χ3v) is 6.71. The van der Waals surface area contributed by atoms with Crippen molar-refractivity contribution in [1.82, 2.24) is 14.9 Å². The van der Waals surface area contributed by atoms with Crippen molar-refractivity contribution in [2.75, 3.05) is 18.6 Å². The fourth-order valence-corrected chi connectivity index (χ4v) is 5.21. The molecule has 0 saturated carbocycles. The standard InChI is InChI=1S/C24H25ClN4O2S/c1-30-21-10-9-16(14-18(21)25)29-23(22(27-24(29)32)19-7-2-3-11-26-19)20-8-4-12-28(20)15-17-6-5-13-31-17/h2-4,7-12,14,17,22-23H,5-6,13,15H2,1H3,(H,27,32)/t17-,22-,23+/m1/s1. The highest BCUT2D eigenvalue weighted by Gasteiger charge is 2.42. The molecule has 0 aliphatic carbocycles. The Morgan fingerprint density at radius 2 is 2.16 bits per heavy atom. The van der Waals surface area contributed by atoms with Gasteiger partial charge in [0, 0.05) is 36.9 Å². The molecule has 4 heterocycles. The predicted octanol–water partition coefficient (Wildman–Crippen LogP) is 4.90. The minimum absolute atomic E-state index is 0.0988. The summed E-state index contributed by atoms with van der Waals surface area (Å²) in [5, 5.41) is 4.68. The molecule has 6 nitrogen and oxygen atoms in total. The summed E-state index contributed by atoms with van der Waals surface area (Å²) in [5.74, 6) is 0.632. The van der Waals surface area contributed by atoms with E-state index in [1.165, 1.54) is 0 Å². The van der Waals surface area contributed by atoms with Gasteiger partial charge in [-0.3, -0.25) is 4.98 Å². The van der Waals surface area contributed by atoms with Gasteiger partial charge in [0.2, 0.25) is 0 Å². The maximum atomic E-state index is 6.48. The lowest BCUT2D eigenvalue weighted by Crippen LogP contribution is -2.31. The number of thiocarbonyl (C=S) groups is 1. The molecule has 166 valence electrons. The number of aromatic nitrogens is 2. The van der Waals surface area contributed by atoms with Gasteiger partial charge in [0.25, 0.3) is 0 Å². The molecule has 0 bridgehead atoms. The van der Waals surface area contributed by atoms with E-state index in [-0.39, 0.29) is 18.2 Å². The van der Waals surface area contributed by atoms with Gasteiger partial charge in [0.15, 0.2) is 5.11 Å². The number of rotatable bonds is 6. The van der Waals surface area contributed by atoms with Gasteiger partial charge in [-0.1, -0.05) is 17.7 Å². The number of pyridine rings is 1. The third kappa shape index (κ3) is 3.96. The van der Waals surface area contributed by atoms with Crippen LogP contribution in [0.5, 0.6) is 5.75 Å². The predicted molar refractivity (Wildman–Crippen MR) is 129 cm³/mol. The van der Waals surface area contributed by atoms with Gasteiger partial charge in [-0.05, 0) is 67.5 Å². The zero-order valence-electron chi connectivity index (χ0n) is 17.8. The van der Waals surface area contributed by atoms with E-state index < -0.39 is 0 Å². The van der Waals surface area contributed by atoms with Crippen LogP contribution in [-0.2, 0) is 11.3 Å². The Kier molecular flexibility index (Phi) is 6.04. The monoisotopic (exact) mass is 468 g/mol. The van der Waals surface area contributed by atoms with Crippen molar-refractivity contribution < 1.29 is 9.47 Å². The number of anilines is 1. The van der Waals surface area contributed by atoms with Crippen LogP contribution in [0, 0.1) is 0 Å². The molecule has 2 aromatic heterocycles. The van der Waals surface area contributed by atoms with Crippen LogP contribution in [0.2, 0.25) is 5.02 Å². The number of nitrogens with zero attached hydrogens (tertiary/aromatic N) is 3. The molecule has 0 amide bonds. The smallest absolute Gasteiger partial charge is 0.174 e. The summed E-state index contributed by atoms with van der Waals surface area (Å²) in [4.78, 5) is 6.76. The maximum absolute atomic E-state index is 6.48. The zero-order valence-corrected chi connectivity index (χ0v) is 19.4. The van der Waals surface area contributed by atoms with Gasteiger partial charge in [0.05, 0.1) is 30.0 Å². The van der Waals surface area contributed by atoms with Gasteiger partial charge in [-0.2, -0.15) is 0 Å². The molecule has 2 aliphatic rings. The van der Waals surface area contributed by atoms with Crippen molar-refractivity contribution in [3.8, 4) is 5.75 Å². The largest absolute Gasteiger partial charge is 0.495 e. The number of methoxy groups -OCH3 is 1. The van der Waals surface area contributed by atoms with Crippen molar-refractivity contribution in [3.63, 3.8) is 0 Å². The zero-order chi connectivity index (χ0) is 22.1. The van der Waals surface area contributed by atoms with E-state index in [2.05, 4.69) is 38.1 Å². The highest BCUT2D eigenvalue weighted by Crippen LogP contribution is 2.43. The van der Waals surface area contributed by atoms with Crippen LogP contribution in [0.3, 0.4) is 0 Å². The molecule has 0 spiro atoms. The molecule has 0 radical (unpaired) electrons. The fraction of sp³-hybridized carbons (Fsp3) is 0.333. The number of hydrogen-bond acceptors (Lipinski definition) is 4. The maximum Gasteiger partial charge on any atom is 0.174 e. The second-order valence-electron chi connectivity index (χ2n) is 8.04. The summed E-state index contributed by atoms with van der Waals surface area (Å²) < 4.78 is 13.5. The Labute approximate surface area is 198 Å². The minimum Gasteiger partial charge on any atom is -0.495 e. The van der Waals surface area contributed by atoms with E-state index in [1.807, 2.05) is 42.6 Å². The van der Waals surface area contributed by atoms with Gasteiger partial charge >= 0.3 is 0 Å². The summed E-state index contributed by atoms with van der Waals surface area (Å²) in [6.45, 7) is 1.65. The highest BCUT2D eigenvalue weighted by molar-refractivity contribution is 7.80. The molecule has 0 unspecified atom stereocenters. The molecular weight excluding hydrogens is 444 g/mol. The lowest BCUT2D eigenvalue weighted by Gasteiger charge is -2.29. The quantitative estimate of drug-likeness (QED) is 0.519. The van der Waals surface area contributed by atoms with Crippen LogP contribution >= 0.6 is 23.8 Å². The Morgan fingerprint density at radius 1 is 1.25 bits per heavy atom. The topological polar surface area (TPSA) is 51.5 Å². The van der Waals surface area contributed by atoms with Crippen molar-refractivity contribution in [2.45, 2.75) is 37.6 Å². The average molecular weight is 469 g/mol. The first-order valence-electron chi connectivity index (χ1n) is 10.8. The molecule has 2 saturated heterocycles. The fourth-order valence-electron chi connectivity index (χ4n) is 4.61. The summed E-state index contributed by atoms with van der Waals surface area (Å²) in [5.41, 5.74) is 2.99. The van der Waals surface area contributed by atoms with Gasteiger partial charge < -0.3 is 24.3 Å². The molecule has 8 heteroatoms. The van der Waals surface area contributed by atoms with E-state index in [0.29, 0.717) is 15.9 Å². The molecule has 3 atom stereocenters. The van der Waals surface area contributed by atoms with Crippen LogP contribution < -0.4 is 15.0 Å². The molecule has 32 heavy (non-hydrogen) atoms. The number of halogens is 1. The van der Waals surface area contributed by atoms with Crippen LogP contribution in [-0.4, -0.2) is 34.5 Å². The van der Waals surface area contributed by atoms with E-state index in [9.17, 15) is 0 Å². The van der Waals surface area contributed by atoms with E-state index >= 15 is 0 Å². The first kappa shape index (κ1) is 21.2. The molecule has 3 aromatic rings. The summed E-state index contributed by atoms with van der Waals surface area (Å²) in [6.07, 6.45) is 6.37. The second kappa shape index (κ2) is 9.10. The summed E-state index contributed by atoms with van der Waals surface area (Å²) in [6, 6.07) is 15.7. The first-order valence-corrected chi connectivity index (χ1v) is 11.5. The van der Waals surface area contributed by atoms with Crippen molar-refractivity contribution in [1.29, 1.82) is 0 Å².